The van der Waals surface area contributed by atoms with Gasteiger partial charge in [-0.3, -0.25) is 4.99 Å². The zero-order valence-electron chi connectivity index (χ0n) is 19.0. The number of aliphatic imine (C=N–C) groups is 1. The van der Waals surface area contributed by atoms with Gasteiger partial charge in [-0.2, -0.15) is 0 Å². The van der Waals surface area contributed by atoms with Crippen molar-refractivity contribution in [1.82, 2.24) is 15.1 Å². The van der Waals surface area contributed by atoms with Crippen molar-refractivity contribution in [3.8, 4) is 0 Å². The molecule has 1 aliphatic heterocycles. The molecule has 1 fully saturated rings. The molecule has 0 unspecified atom stereocenters. The second kappa shape index (κ2) is 11.6. The van der Waals surface area contributed by atoms with Crippen LogP contribution in [-0.2, 0) is 14.6 Å². The predicted molar refractivity (Wildman–Crippen MR) is 118 cm³/mol. The summed E-state index contributed by atoms with van der Waals surface area (Å²) in [5.74, 6) is 1.45. The Morgan fingerprint density at radius 2 is 1.86 bits per heavy atom. The van der Waals surface area contributed by atoms with Crippen LogP contribution in [0.2, 0.25) is 0 Å². The molecule has 0 aromatic carbocycles. The van der Waals surface area contributed by atoms with Gasteiger partial charge < -0.3 is 19.9 Å². The third kappa shape index (κ3) is 10.7. The van der Waals surface area contributed by atoms with Gasteiger partial charge in [-0.1, -0.05) is 0 Å². The number of carbonyl (C=O) groups is 1. The van der Waals surface area contributed by atoms with E-state index in [0.29, 0.717) is 32.0 Å². The average molecular weight is 433 g/mol. The molecule has 170 valence electrons. The number of hydrogen-bond donors (Lipinski definition) is 1. The second-order valence-electron chi connectivity index (χ2n) is 8.67. The van der Waals surface area contributed by atoms with E-state index in [0.717, 1.165) is 38.4 Å². The Hall–Kier alpha value is -1.51. The first kappa shape index (κ1) is 25.5. The van der Waals surface area contributed by atoms with Crippen LogP contribution in [0.25, 0.3) is 0 Å². The number of guanidine groups is 1. The Labute approximate surface area is 177 Å². The number of nitrogens with one attached hydrogen (secondary N) is 1. The molecule has 1 rings (SSSR count). The lowest BCUT2D eigenvalue weighted by Gasteiger charge is -2.36. The number of amides is 1. The molecule has 9 heteroatoms. The summed E-state index contributed by atoms with van der Waals surface area (Å²) in [7, 11) is -2.94. The van der Waals surface area contributed by atoms with E-state index in [1.807, 2.05) is 34.6 Å². The van der Waals surface area contributed by atoms with Crippen LogP contribution in [0.5, 0.6) is 0 Å². The summed E-state index contributed by atoms with van der Waals surface area (Å²) < 4.78 is 28.0. The zero-order valence-corrected chi connectivity index (χ0v) is 19.8. The molecule has 0 bridgehead atoms. The predicted octanol–water partition coefficient (Wildman–Crippen LogP) is 2.36. The monoisotopic (exact) mass is 432 g/mol. The van der Waals surface area contributed by atoms with Crippen molar-refractivity contribution < 1.29 is 17.9 Å². The lowest BCUT2D eigenvalue weighted by molar-refractivity contribution is 0.0214. The summed E-state index contributed by atoms with van der Waals surface area (Å²) in [6.45, 7) is 14.0. The van der Waals surface area contributed by atoms with Gasteiger partial charge in [-0.15, -0.1) is 0 Å². The first-order valence-electron chi connectivity index (χ1n) is 10.6. The van der Waals surface area contributed by atoms with Gasteiger partial charge >= 0.3 is 6.09 Å². The van der Waals surface area contributed by atoms with E-state index in [1.54, 1.807) is 4.90 Å². The highest BCUT2D eigenvalue weighted by molar-refractivity contribution is 7.90. The van der Waals surface area contributed by atoms with Gasteiger partial charge in [0.1, 0.15) is 15.4 Å². The largest absolute Gasteiger partial charge is 0.444 e. The Morgan fingerprint density at radius 1 is 1.24 bits per heavy atom. The van der Waals surface area contributed by atoms with E-state index in [9.17, 15) is 13.2 Å². The summed E-state index contributed by atoms with van der Waals surface area (Å²) in [4.78, 5) is 21.0. The normalized spacial score (nSPS) is 16.6. The van der Waals surface area contributed by atoms with Gasteiger partial charge in [0.15, 0.2) is 5.96 Å². The van der Waals surface area contributed by atoms with E-state index >= 15 is 0 Å². The van der Waals surface area contributed by atoms with E-state index < -0.39 is 15.4 Å². The molecular weight excluding hydrogens is 392 g/mol. The first-order chi connectivity index (χ1) is 13.4. The van der Waals surface area contributed by atoms with Crippen molar-refractivity contribution in [3.05, 3.63) is 0 Å². The smallest absolute Gasteiger partial charge is 0.410 e. The van der Waals surface area contributed by atoms with E-state index in [1.165, 1.54) is 6.26 Å². The third-order valence-corrected chi connectivity index (χ3v) is 5.73. The molecule has 0 aromatic rings. The maximum Gasteiger partial charge on any atom is 0.410 e. The fourth-order valence-electron chi connectivity index (χ4n) is 3.24. The molecule has 1 saturated heterocycles. The van der Waals surface area contributed by atoms with Crippen LogP contribution in [0.4, 0.5) is 4.79 Å². The number of sulfone groups is 1. The summed E-state index contributed by atoms with van der Waals surface area (Å²) >= 11 is 0. The minimum absolute atomic E-state index is 0.162. The topological polar surface area (TPSA) is 91.3 Å². The molecule has 0 radical (unpaired) electrons. The van der Waals surface area contributed by atoms with Crippen molar-refractivity contribution in [2.24, 2.45) is 10.9 Å². The first-order valence-corrected chi connectivity index (χ1v) is 12.7. The number of rotatable bonds is 8. The number of piperidine rings is 1. The molecule has 0 spiro atoms. The van der Waals surface area contributed by atoms with Gasteiger partial charge in [-0.25, -0.2) is 13.2 Å². The Kier molecular flexibility index (Phi) is 10.2. The van der Waals surface area contributed by atoms with Crippen molar-refractivity contribution in [1.29, 1.82) is 0 Å². The molecule has 0 saturated carbocycles. The summed E-state index contributed by atoms with van der Waals surface area (Å²) in [5, 5.41) is 3.30. The van der Waals surface area contributed by atoms with Crippen LogP contribution >= 0.6 is 0 Å². The average Bonchev–Trinajstić information content (AvgIpc) is 2.60. The van der Waals surface area contributed by atoms with Gasteiger partial charge in [0.25, 0.3) is 0 Å². The SMILES string of the molecule is CCNC(=NCCCS(C)(=O)=O)N1CCC(CN(CC)C(=O)OC(C)(C)C)CC1. The third-order valence-electron chi connectivity index (χ3n) is 4.70. The maximum absolute atomic E-state index is 12.4. The standard InChI is InChI=1S/C20H40N4O4S/c1-7-21-18(22-12-9-15-29(6,26)27)24-13-10-17(11-14-24)16-23(8-2)19(25)28-20(3,4)5/h17H,7-16H2,1-6H3,(H,21,22). The molecule has 8 nitrogen and oxygen atoms in total. The lowest BCUT2D eigenvalue weighted by Crippen LogP contribution is -2.48. The molecule has 1 N–H and O–H groups in total. The van der Waals surface area contributed by atoms with Crippen LogP contribution in [-0.4, -0.2) is 87.1 Å². The van der Waals surface area contributed by atoms with E-state index in [2.05, 4.69) is 15.2 Å². The Balaban J connectivity index is 2.55. The van der Waals surface area contributed by atoms with Gasteiger partial charge in [0.2, 0.25) is 0 Å². The molecule has 0 atom stereocenters. The zero-order chi connectivity index (χ0) is 22.1. The van der Waals surface area contributed by atoms with Gasteiger partial charge in [0.05, 0.1) is 5.75 Å². The molecule has 1 heterocycles. The van der Waals surface area contributed by atoms with E-state index in [-0.39, 0.29) is 11.8 Å². The molecule has 1 amide bonds. The van der Waals surface area contributed by atoms with Crippen LogP contribution in [0.15, 0.2) is 4.99 Å². The summed E-state index contributed by atoms with van der Waals surface area (Å²) in [6, 6.07) is 0. The van der Waals surface area contributed by atoms with Crippen LogP contribution in [0.1, 0.15) is 53.9 Å². The lowest BCUT2D eigenvalue weighted by atomic mass is 9.96. The quantitative estimate of drug-likeness (QED) is 0.360. The fraction of sp³-hybridized carbons (Fsp3) is 0.900. The van der Waals surface area contributed by atoms with Crippen LogP contribution in [0, 0.1) is 5.92 Å². The van der Waals surface area contributed by atoms with Crippen LogP contribution < -0.4 is 5.32 Å². The number of ether oxygens (including phenoxy) is 1. The Morgan fingerprint density at radius 3 is 2.34 bits per heavy atom. The second-order valence-corrected chi connectivity index (χ2v) is 10.9. The number of likely N-dealkylation sites (tertiary alicyclic amines) is 1. The molecule has 1 aliphatic rings. The van der Waals surface area contributed by atoms with Crippen molar-refractivity contribution in [3.63, 3.8) is 0 Å². The summed E-state index contributed by atoms with van der Waals surface area (Å²) in [6.07, 6.45) is 3.50. The van der Waals surface area contributed by atoms with Crippen molar-refractivity contribution in [2.45, 2.75) is 59.5 Å². The van der Waals surface area contributed by atoms with Crippen molar-refractivity contribution in [2.75, 3.05) is 51.3 Å². The molecule has 0 aromatic heterocycles. The highest BCUT2D eigenvalue weighted by atomic mass is 32.2. The van der Waals surface area contributed by atoms with Crippen LogP contribution in [0.3, 0.4) is 0 Å². The highest BCUT2D eigenvalue weighted by Crippen LogP contribution is 2.20. The number of nitrogens with zero attached hydrogens (tertiary/aromatic N) is 3. The minimum atomic E-state index is -2.94. The molecule has 0 aliphatic carbocycles. The molecular formula is C20H40N4O4S. The number of hydrogen-bond acceptors (Lipinski definition) is 5. The minimum Gasteiger partial charge on any atom is -0.444 e. The summed E-state index contributed by atoms with van der Waals surface area (Å²) in [5.41, 5.74) is -0.484. The number of carbonyl (C=O) groups excluding carboxylic acids is 1. The molecule has 29 heavy (non-hydrogen) atoms. The van der Waals surface area contributed by atoms with Crippen molar-refractivity contribution >= 4 is 21.9 Å². The maximum atomic E-state index is 12.4. The highest BCUT2D eigenvalue weighted by Gasteiger charge is 2.27. The van der Waals surface area contributed by atoms with E-state index in [4.69, 9.17) is 4.74 Å². The Bertz CT molecular complexity index is 635. The van der Waals surface area contributed by atoms with Gasteiger partial charge in [-0.05, 0) is 59.8 Å². The fourth-order valence-corrected chi connectivity index (χ4v) is 3.89. The van der Waals surface area contributed by atoms with Gasteiger partial charge in [0, 0.05) is 45.5 Å².